The van der Waals surface area contributed by atoms with Crippen LogP contribution in [-0.4, -0.2) is 96.7 Å². The van der Waals surface area contributed by atoms with Gasteiger partial charge in [0.2, 0.25) is 0 Å². The summed E-state index contributed by atoms with van der Waals surface area (Å²) in [4.78, 5) is 73.0. The highest BCUT2D eigenvalue weighted by molar-refractivity contribution is 7.47. The van der Waals surface area contributed by atoms with Crippen LogP contribution in [-0.2, 0) is 65.4 Å². The maximum Gasteiger partial charge on any atom is 0.472 e. The summed E-state index contributed by atoms with van der Waals surface area (Å²) in [5.41, 5.74) is 0. The van der Waals surface area contributed by atoms with Crippen molar-refractivity contribution in [1.82, 2.24) is 0 Å². The van der Waals surface area contributed by atoms with Crippen molar-refractivity contribution in [2.24, 2.45) is 0 Å². The van der Waals surface area contributed by atoms with Crippen LogP contribution in [0.5, 0.6) is 0 Å². The molecule has 17 nitrogen and oxygen atoms in total. The Bertz CT molecular complexity index is 2390. The van der Waals surface area contributed by atoms with Gasteiger partial charge < -0.3 is 33.8 Å². The van der Waals surface area contributed by atoms with Crippen LogP contribution in [0.25, 0.3) is 0 Å². The molecule has 19 heteroatoms. The average Bonchev–Trinajstić information content (AvgIpc) is 0.931. The SMILES string of the molecule is CC/C=C\C/C=C\C/C=C\C/C=C\CCCCCCCCC(=O)OCC(COP(=O)(O)OCC(O)COP(=O)(O)OCC(COC(=O)CCCCCCCC/C=C\C/C=C\C/C=C\CCCCC)OC(=O)CCCCCCC/C=C\CCCCCCCC)OC(=O)CCCCCCC/C=C\CCCC. The van der Waals surface area contributed by atoms with Gasteiger partial charge in [-0.1, -0.05) is 285 Å². The molecule has 104 heavy (non-hydrogen) atoms. The van der Waals surface area contributed by atoms with Gasteiger partial charge in [0.25, 0.3) is 0 Å². The van der Waals surface area contributed by atoms with Crippen molar-refractivity contribution in [3.8, 4) is 0 Å². The van der Waals surface area contributed by atoms with E-state index in [9.17, 15) is 43.2 Å². The smallest absolute Gasteiger partial charge is 0.462 e. The Morgan fingerprint density at radius 2 is 0.510 bits per heavy atom. The van der Waals surface area contributed by atoms with Crippen LogP contribution in [0.4, 0.5) is 0 Å². The number of ether oxygens (including phenoxy) is 4. The second kappa shape index (κ2) is 76.9. The second-order valence-electron chi connectivity index (χ2n) is 27.3. The molecule has 0 aromatic rings. The van der Waals surface area contributed by atoms with Crippen LogP contribution in [0.2, 0.25) is 0 Å². The summed E-state index contributed by atoms with van der Waals surface area (Å²) in [7, 11) is -9.97. The molecule has 0 radical (unpaired) electrons. The van der Waals surface area contributed by atoms with Gasteiger partial charge in [0.05, 0.1) is 26.4 Å². The third-order valence-corrected chi connectivity index (χ3v) is 19.1. The predicted octanol–water partition coefficient (Wildman–Crippen LogP) is 24.1. The molecule has 0 amide bonds. The Morgan fingerprint density at radius 1 is 0.279 bits per heavy atom. The van der Waals surface area contributed by atoms with Crippen LogP contribution in [0, 0.1) is 0 Å². The van der Waals surface area contributed by atoms with Gasteiger partial charge in [0.15, 0.2) is 12.2 Å². The highest BCUT2D eigenvalue weighted by atomic mass is 31.2. The molecular weight excluding hydrogens is 1350 g/mol. The monoisotopic (exact) mass is 1500 g/mol. The van der Waals surface area contributed by atoms with E-state index in [2.05, 4.69) is 137 Å². The van der Waals surface area contributed by atoms with E-state index in [-0.39, 0.29) is 25.7 Å². The van der Waals surface area contributed by atoms with Gasteiger partial charge in [-0.25, -0.2) is 9.13 Å². The van der Waals surface area contributed by atoms with Gasteiger partial charge in [-0.15, -0.1) is 0 Å². The first-order chi connectivity index (χ1) is 50.7. The summed E-state index contributed by atoms with van der Waals surface area (Å²) in [5.74, 6) is -2.21. The maximum absolute atomic E-state index is 13.1. The lowest BCUT2D eigenvalue weighted by Gasteiger charge is -2.21. The van der Waals surface area contributed by atoms with Gasteiger partial charge in [0, 0.05) is 25.7 Å². The van der Waals surface area contributed by atoms with E-state index in [0.717, 1.165) is 199 Å². The molecule has 0 aliphatic rings. The summed E-state index contributed by atoms with van der Waals surface area (Å²) in [6, 6.07) is 0. The first kappa shape index (κ1) is 99.7. The minimum atomic E-state index is -4.98. The molecule has 0 rings (SSSR count). The molecule has 5 unspecified atom stereocenters. The van der Waals surface area contributed by atoms with Gasteiger partial charge in [-0.2, -0.15) is 0 Å². The van der Waals surface area contributed by atoms with Crippen molar-refractivity contribution in [3.05, 3.63) is 109 Å². The third kappa shape index (κ3) is 75.9. The van der Waals surface area contributed by atoms with E-state index < -0.39 is 97.5 Å². The van der Waals surface area contributed by atoms with Crippen molar-refractivity contribution in [2.45, 2.75) is 367 Å². The number of allylic oxidation sites excluding steroid dienone is 18. The molecule has 0 saturated heterocycles. The number of phosphoric ester groups is 2. The number of phosphoric acid groups is 2. The van der Waals surface area contributed by atoms with Gasteiger partial charge in [-0.3, -0.25) is 37.3 Å². The summed E-state index contributed by atoms with van der Waals surface area (Å²) < 4.78 is 68.6. The number of unbranched alkanes of at least 4 members (excludes halogenated alkanes) is 33. The molecular formula is C85H148O17P2. The Balaban J connectivity index is 5.33. The highest BCUT2D eigenvalue weighted by Gasteiger charge is 2.30. The number of esters is 4. The predicted molar refractivity (Wildman–Crippen MR) is 427 cm³/mol. The van der Waals surface area contributed by atoms with E-state index in [1.165, 1.54) is 70.6 Å². The highest BCUT2D eigenvalue weighted by Crippen LogP contribution is 2.45. The molecule has 0 aromatic heterocycles. The van der Waals surface area contributed by atoms with Crippen LogP contribution in [0.3, 0.4) is 0 Å². The van der Waals surface area contributed by atoms with Gasteiger partial charge in [-0.05, 0) is 148 Å². The molecule has 0 aliphatic heterocycles. The first-order valence-corrected chi connectivity index (χ1v) is 44.1. The minimum Gasteiger partial charge on any atom is -0.462 e. The van der Waals surface area contributed by atoms with Crippen LogP contribution < -0.4 is 0 Å². The number of hydrogen-bond acceptors (Lipinski definition) is 15. The number of aliphatic hydroxyl groups excluding tert-OH is 1. The Hall–Kier alpha value is -4.28. The number of carbonyl (C=O) groups excluding carboxylic acids is 4. The van der Waals surface area contributed by atoms with Crippen molar-refractivity contribution in [2.75, 3.05) is 39.6 Å². The van der Waals surface area contributed by atoms with E-state index >= 15 is 0 Å². The van der Waals surface area contributed by atoms with Crippen molar-refractivity contribution in [3.63, 3.8) is 0 Å². The third-order valence-electron chi connectivity index (χ3n) is 17.2. The van der Waals surface area contributed by atoms with E-state index in [1.54, 1.807) is 0 Å². The molecule has 0 heterocycles. The first-order valence-electron chi connectivity index (χ1n) is 41.1. The van der Waals surface area contributed by atoms with Crippen LogP contribution >= 0.6 is 15.6 Å². The lowest BCUT2D eigenvalue weighted by molar-refractivity contribution is -0.161. The summed E-state index contributed by atoms with van der Waals surface area (Å²) >= 11 is 0. The summed E-state index contributed by atoms with van der Waals surface area (Å²) in [6.07, 6.45) is 83.5. The molecule has 0 spiro atoms. The molecule has 3 N–H and O–H groups in total. The standard InChI is InChI=1S/C85H148O17P2/c1-5-9-13-17-21-25-29-32-35-37-39-41-44-46-50-53-57-61-65-69-82(87)95-75-80(101-84(89)71-67-63-59-55-49-28-24-20-16-12-8-4)77-99-103(91,92)97-73-79(86)74-98-104(93,94)100-78-81(102-85(90)72-68-64-60-56-52-48-43-34-31-27-23-19-15-11-7-3)76-96-83(88)70-66-62-58-54-51-47-45-42-40-38-36-33-30-26-22-18-14-10-6-2/h9,13,20-22,24-26,32-36,39-43,79-81,86H,5-8,10-12,14-19,23,27-31,37-38,44-78H2,1-4H3,(H,91,92)(H,93,94)/b13-9-,24-20-,25-21-,26-22-,35-32-,36-33-,41-39-,42-40-,43-34-. The van der Waals surface area contributed by atoms with Gasteiger partial charge >= 0.3 is 39.5 Å². The second-order valence-corrected chi connectivity index (χ2v) is 30.2. The Labute approximate surface area is 632 Å². The molecule has 0 aliphatic carbocycles. The lowest BCUT2D eigenvalue weighted by atomic mass is 10.1. The zero-order valence-corrected chi connectivity index (χ0v) is 67.5. The number of rotatable bonds is 77. The fraction of sp³-hybridized carbons (Fsp3) is 0.741. The summed E-state index contributed by atoms with van der Waals surface area (Å²) in [6.45, 7) is 4.68. The molecule has 0 saturated carbocycles. The fourth-order valence-corrected chi connectivity index (χ4v) is 12.5. The lowest BCUT2D eigenvalue weighted by Crippen LogP contribution is -2.30. The van der Waals surface area contributed by atoms with E-state index in [0.29, 0.717) is 25.7 Å². The molecule has 5 atom stereocenters. The molecule has 0 bridgehead atoms. The van der Waals surface area contributed by atoms with E-state index in [1.807, 2.05) is 0 Å². The zero-order chi connectivity index (χ0) is 76.0. The molecule has 0 fully saturated rings. The van der Waals surface area contributed by atoms with Crippen LogP contribution in [0.1, 0.15) is 349 Å². The topological polar surface area (TPSA) is 237 Å². The molecule has 0 aromatic carbocycles. The molecule has 600 valence electrons. The van der Waals surface area contributed by atoms with Crippen molar-refractivity contribution in [1.29, 1.82) is 0 Å². The number of aliphatic hydroxyl groups is 1. The number of carbonyl (C=O) groups is 4. The Kier molecular flexibility index (Phi) is 73.7. The summed E-state index contributed by atoms with van der Waals surface area (Å²) in [5, 5.41) is 10.6. The fourth-order valence-electron chi connectivity index (χ4n) is 10.9. The quantitative estimate of drug-likeness (QED) is 0.0169. The average molecular weight is 1500 g/mol. The van der Waals surface area contributed by atoms with Crippen molar-refractivity contribution >= 4 is 39.5 Å². The minimum absolute atomic E-state index is 0.0801. The van der Waals surface area contributed by atoms with Crippen molar-refractivity contribution < 1.29 is 80.2 Å². The van der Waals surface area contributed by atoms with Crippen LogP contribution in [0.15, 0.2) is 109 Å². The normalized spacial score (nSPS) is 14.4. The maximum atomic E-state index is 13.1. The zero-order valence-electron chi connectivity index (χ0n) is 65.7. The largest absolute Gasteiger partial charge is 0.472 e. The van der Waals surface area contributed by atoms with Gasteiger partial charge in [0.1, 0.15) is 19.3 Å². The van der Waals surface area contributed by atoms with E-state index in [4.69, 9.17) is 37.0 Å². The Morgan fingerprint density at radius 3 is 0.827 bits per heavy atom. The number of hydrogen-bond donors (Lipinski definition) is 3.